The summed E-state index contributed by atoms with van der Waals surface area (Å²) in [5, 5.41) is 41.8. The monoisotopic (exact) mass is 702 g/mol. The van der Waals surface area contributed by atoms with Crippen LogP contribution in [0.1, 0.15) is 15.9 Å². The molecule has 0 bridgehead atoms. The first kappa shape index (κ1) is 34.5. The first-order valence-electron chi connectivity index (χ1n) is 15.8. The second-order valence-corrected chi connectivity index (χ2v) is 12.0. The number of aliphatic hydroxyl groups excluding tert-OH is 4. The summed E-state index contributed by atoms with van der Waals surface area (Å²) in [5.41, 5.74) is 1.99. The summed E-state index contributed by atoms with van der Waals surface area (Å²) >= 11 is 0. The van der Waals surface area contributed by atoms with Crippen molar-refractivity contribution in [1.82, 2.24) is 0 Å². The van der Waals surface area contributed by atoms with Gasteiger partial charge in [-0.3, -0.25) is 0 Å². The highest BCUT2D eigenvalue weighted by Crippen LogP contribution is 2.50. The summed E-state index contributed by atoms with van der Waals surface area (Å²) in [6.07, 6.45) is -11.3. The Kier molecular flexibility index (Phi) is 9.64. The summed E-state index contributed by atoms with van der Waals surface area (Å²) in [5.74, 6) is 1.66. The smallest absolute Gasteiger partial charge is 0.339 e. The number of carbonyl (C=O) groups is 1. The van der Waals surface area contributed by atoms with Crippen molar-refractivity contribution in [2.75, 3.05) is 48.4 Å². The van der Waals surface area contributed by atoms with Gasteiger partial charge in [0.05, 0.1) is 33.0 Å². The Morgan fingerprint density at radius 3 is 2.22 bits per heavy atom. The zero-order valence-corrected chi connectivity index (χ0v) is 27.6. The van der Waals surface area contributed by atoms with Crippen LogP contribution < -0.4 is 23.7 Å². The third-order valence-electron chi connectivity index (χ3n) is 9.40. The van der Waals surface area contributed by atoms with Crippen molar-refractivity contribution in [2.24, 2.45) is 0 Å². The van der Waals surface area contributed by atoms with Gasteiger partial charge in [0, 0.05) is 30.7 Å². The lowest BCUT2D eigenvalue weighted by Crippen LogP contribution is -2.63. The first-order chi connectivity index (χ1) is 24.2. The van der Waals surface area contributed by atoms with Crippen molar-refractivity contribution in [2.45, 2.75) is 61.9 Å². The molecule has 16 heteroatoms. The van der Waals surface area contributed by atoms with E-state index in [-0.39, 0.29) is 31.3 Å². The minimum absolute atomic E-state index is 0.0798. The van der Waals surface area contributed by atoms with Gasteiger partial charge in [0.15, 0.2) is 29.3 Å². The molecular formula is C34H38O16. The largest absolute Gasteiger partial charge is 0.493 e. The molecule has 0 saturated carbocycles. The number of ether oxygens (including phenoxy) is 11. The van der Waals surface area contributed by atoms with Crippen LogP contribution in [0.15, 0.2) is 30.3 Å². The summed E-state index contributed by atoms with van der Waals surface area (Å²) in [6.45, 7) is -0.784. The van der Waals surface area contributed by atoms with Crippen molar-refractivity contribution < 1.29 is 77.3 Å². The van der Waals surface area contributed by atoms with E-state index >= 15 is 0 Å². The average molecular weight is 703 g/mol. The van der Waals surface area contributed by atoms with Crippen LogP contribution >= 0.6 is 0 Å². The fourth-order valence-electron chi connectivity index (χ4n) is 6.86. The van der Waals surface area contributed by atoms with Crippen LogP contribution in [0.25, 0.3) is 21.9 Å². The molecule has 4 heterocycles. The molecule has 0 aliphatic carbocycles. The van der Waals surface area contributed by atoms with Gasteiger partial charge in [-0.25, -0.2) is 4.79 Å². The Morgan fingerprint density at radius 2 is 1.52 bits per heavy atom. The van der Waals surface area contributed by atoms with Gasteiger partial charge in [0.2, 0.25) is 13.1 Å². The molecular weight excluding hydrogens is 664 g/mol. The van der Waals surface area contributed by atoms with Crippen LogP contribution in [0.4, 0.5) is 0 Å². The van der Waals surface area contributed by atoms with Crippen LogP contribution in [-0.2, 0) is 35.0 Å². The van der Waals surface area contributed by atoms with Crippen molar-refractivity contribution >= 4 is 16.7 Å². The van der Waals surface area contributed by atoms with Gasteiger partial charge in [0.25, 0.3) is 0 Å². The third-order valence-corrected chi connectivity index (χ3v) is 9.40. The number of carbonyl (C=O) groups excluding carboxylic acids is 1. The number of cyclic esters (lactones) is 1. The van der Waals surface area contributed by atoms with E-state index in [9.17, 15) is 25.2 Å². The Morgan fingerprint density at radius 1 is 0.800 bits per heavy atom. The molecule has 2 saturated heterocycles. The van der Waals surface area contributed by atoms with E-state index in [1.165, 1.54) is 28.4 Å². The SMILES string of the molecule is COc1cc2c(O[C@@H]3OC[C@@H](O[C@@H]4O[C@H](CO)[C@@H](O)[C@H](O)[C@H]4O)[C@H](OC)[C@H]3OC)c3c(c(-c4ccc5c(c4)OCO5)c2cc1OC)C(=O)OC3. The maximum atomic E-state index is 13.5. The number of methoxy groups -OCH3 is 4. The zero-order chi connectivity index (χ0) is 35.3. The highest BCUT2D eigenvalue weighted by Gasteiger charge is 2.49. The van der Waals surface area contributed by atoms with Gasteiger partial charge >= 0.3 is 5.97 Å². The van der Waals surface area contributed by atoms with E-state index in [2.05, 4.69) is 0 Å². The Hall–Kier alpha value is -3.97. The summed E-state index contributed by atoms with van der Waals surface area (Å²) in [4.78, 5) is 13.5. The number of aliphatic hydroxyl groups is 4. The highest BCUT2D eigenvalue weighted by atomic mass is 16.7. The second-order valence-electron chi connectivity index (χ2n) is 12.0. The van der Waals surface area contributed by atoms with Crippen molar-refractivity contribution in [3.63, 3.8) is 0 Å². The molecule has 0 radical (unpaired) electrons. The van der Waals surface area contributed by atoms with Gasteiger partial charge in [-0.2, -0.15) is 0 Å². The molecule has 16 nitrogen and oxygen atoms in total. The second kappa shape index (κ2) is 14.0. The number of benzene rings is 3. The molecule has 50 heavy (non-hydrogen) atoms. The topological polar surface area (TPSA) is 200 Å². The van der Waals surface area contributed by atoms with E-state index in [4.69, 9.17) is 52.1 Å². The molecule has 0 spiro atoms. The molecule has 0 unspecified atom stereocenters. The maximum Gasteiger partial charge on any atom is 0.339 e. The normalized spacial score (nSPS) is 30.2. The van der Waals surface area contributed by atoms with Gasteiger partial charge in [-0.1, -0.05) is 6.07 Å². The summed E-state index contributed by atoms with van der Waals surface area (Å²) < 4.78 is 63.9. The molecule has 3 aromatic rings. The fraction of sp³-hybridized carbons (Fsp3) is 0.500. The minimum Gasteiger partial charge on any atom is -0.493 e. The van der Waals surface area contributed by atoms with Crippen molar-refractivity contribution in [1.29, 1.82) is 0 Å². The third kappa shape index (κ3) is 5.75. The Bertz CT molecular complexity index is 1740. The summed E-state index contributed by atoms with van der Waals surface area (Å²) in [6, 6.07) is 8.89. The molecule has 0 aromatic heterocycles. The van der Waals surface area contributed by atoms with E-state index in [0.29, 0.717) is 50.5 Å². The quantitative estimate of drug-likeness (QED) is 0.217. The molecule has 270 valence electrons. The van der Waals surface area contributed by atoms with E-state index in [0.717, 1.165) is 0 Å². The van der Waals surface area contributed by atoms with Crippen molar-refractivity contribution in [3.8, 4) is 39.9 Å². The standard InChI is InChI=1S/C34H38O16/c1-40-19-8-15-16(9-20(19)41-2)29(17-11-44-32(39)25(17)24(15)14-5-6-18-21(7-14)47-13-46-18)50-34-31(43-4)30(42-3)23(12-45-34)49-33-28(38)27(37)26(36)22(10-35)48-33/h5-9,22-23,26-28,30-31,33-38H,10-13H2,1-4H3/t22-,23-,26-,27+,28-,30+,31-,33+,34+/m1/s1. The lowest BCUT2D eigenvalue weighted by molar-refractivity contribution is -0.341. The molecule has 0 amide bonds. The number of esters is 1. The van der Waals surface area contributed by atoms with E-state index in [1.54, 1.807) is 24.3 Å². The lowest BCUT2D eigenvalue weighted by Gasteiger charge is -2.45. The van der Waals surface area contributed by atoms with Crippen LogP contribution in [0.2, 0.25) is 0 Å². The average Bonchev–Trinajstić information content (AvgIpc) is 3.77. The van der Waals surface area contributed by atoms with Crippen LogP contribution in [0.3, 0.4) is 0 Å². The lowest BCUT2D eigenvalue weighted by atomic mass is 9.89. The molecule has 4 N–H and O–H groups in total. The highest BCUT2D eigenvalue weighted by molar-refractivity contribution is 6.14. The number of fused-ring (bicyclic) bond motifs is 3. The van der Waals surface area contributed by atoms with E-state index in [1.807, 2.05) is 6.07 Å². The maximum absolute atomic E-state index is 13.5. The minimum atomic E-state index is -1.64. The van der Waals surface area contributed by atoms with E-state index < -0.39 is 67.9 Å². The van der Waals surface area contributed by atoms with Gasteiger partial charge in [0.1, 0.15) is 55.1 Å². The first-order valence-corrected chi connectivity index (χ1v) is 15.8. The van der Waals surface area contributed by atoms with Crippen LogP contribution in [0, 0.1) is 0 Å². The van der Waals surface area contributed by atoms with Gasteiger partial charge in [-0.05, 0) is 35.2 Å². The summed E-state index contributed by atoms with van der Waals surface area (Å²) in [7, 11) is 5.88. The fourth-order valence-corrected chi connectivity index (χ4v) is 6.86. The predicted octanol–water partition coefficient (Wildman–Crippen LogP) is 0.873. The molecule has 7 rings (SSSR count). The van der Waals surface area contributed by atoms with Gasteiger partial charge in [-0.15, -0.1) is 0 Å². The molecule has 9 atom stereocenters. The number of hydrogen-bond acceptors (Lipinski definition) is 16. The number of hydrogen-bond donors (Lipinski definition) is 4. The van der Waals surface area contributed by atoms with Crippen molar-refractivity contribution in [3.05, 3.63) is 41.5 Å². The Labute approximate surface area is 285 Å². The zero-order valence-electron chi connectivity index (χ0n) is 27.6. The Balaban J connectivity index is 1.27. The van der Waals surface area contributed by atoms with Crippen LogP contribution in [-0.4, -0.2) is 130 Å². The van der Waals surface area contributed by atoms with Crippen LogP contribution in [0.5, 0.6) is 28.7 Å². The number of rotatable bonds is 10. The molecule has 4 aliphatic heterocycles. The molecule has 4 aliphatic rings. The molecule has 3 aromatic carbocycles. The van der Waals surface area contributed by atoms with Gasteiger partial charge < -0.3 is 72.5 Å². The molecule has 2 fully saturated rings. The predicted molar refractivity (Wildman–Crippen MR) is 168 cm³/mol.